The molecule has 1 spiro atoms. The number of ether oxygens (including phenoxy) is 2. The molecule has 2 saturated heterocycles. The summed E-state index contributed by atoms with van der Waals surface area (Å²) in [6.45, 7) is 12.2. The fourth-order valence-corrected chi connectivity index (χ4v) is 4.53. The molecule has 6 heteroatoms. The van der Waals surface area contributed by atoms with E-state index < -0.39 is 0 Å². The normalized spacial score (nSPS) is 20.5. The van der Waals surface area contributed by atoms with Crippen molar-refractivity contribution in [3.63, 3.8) is 0 Å². The van der Waals surface area contributed by atoms with Gasteiger partial charge < -0.3 is 14.4 Å². The van der Waals surface area contributed by atoms with Gasteiger partial charge in [-0.1, -0.05) is 51.6 Å². The van der Waals surface area contributed by atoms with Crippen LogP contribution in [-0.4, -0.2) is 55.3 Å². The molecular formula is C28H38N2O4. The van der Waals surface area contributed by atoms with Crippen LogP contribution < -0.4 is 0 Å². The van der Waals surface area contributed by atoms with E-state index in [2.05, 4.69) is 32.3 Å². The number of benzene rings is 1. The van der Waals surface area contributed by atoms with E-state index in [0.29, 0.717) is 31.0 Å². The molecule has 2 aliphatic rings. The van der Waals surface area contributed by atoms with Crippen LogP contribution in [0.15, 0.2) is 53.2 Å². The van der Waals surface area contributed by atoms with E-state index in [0.717, 1.165) is 61.7 Å². The van der Waals surface area contributed by atoms with Crippen molar-refractivity contribution in [3.05, 3.63) is 59.4 Å². The van der Waals surface area contributed by atoms with Gasteiger partial charge in [0.05, 0.1) is 12.3 Å². The molecule has 0 aromatic heterocycles. The van der Waals surface area contributed by atoms with Crippen molar-refractivity contribution in [1.29, 1.82) is 0 Å². The van der Waals surface area contributed by atoms with Crippen molar-refractivity contribution in [2.45, 2.75) is 64.9 Å². The molecule has 1 aromatic carbocycles. The van der Waals surface area contributed by atoms with Crippen LogP contribution in [0.4, 0.5) is 4.79 Å². The second-order valence-electron chi connectivity index (χ2n) is 10.5. The molecule has 2 aliphatic heterocycles. The smallest absolute Gasteiger partial charge is 0.409 e. The summed E-state index contributed by atoms with van der Waals surface area (Å²) in [5.41, 5.74) is 3.24. The lowest BCUT2D eigenvalue weighted by Gasteiger charge is -2.42. The Hall–Kier alpha value is -2.89. The third-order valence-electron chi connectivity index (χ3n) is 6.45. The van der Waals surface area contributed by atoms with E-state index in [-0.39, 0.29) is 17.1 Å². The van der Waals surface area contributed by atoms with Crippen molar-refractivity contribution in [3.8, 4) is 0 Å². The van der Waals surface area contributed by atoms with Gasteiger partial charge in [-0.25, -0.2) is 4.79 Å². The van der Waals surface area contributed by atoms with Crippen LogP contribution in [0.1, 0.15) is 75.2 Å². The van der Waals surface area contributed by atoms with Crippen molar-refractivity contribution in [2.24, 2.45) is 10.4 Å². The summed E-state index contributed by atoms with van der Waals surface area (Å²) >= 11 is 0. The molecule has 6 nitrogen and oxygen atoms in total. The Morgan fingerprint density at radius 3 is 2.35 bits per heavy atom. The first-order valence-corrected chi connectivity index (χ1v) is 12.2. The van der Waals surface area contributed by atoms with Gasteiger partial charge in [-0.3, -0.25) is 9.79 Å². The number of hydrogen-bond acceptors (Lipinski definition) is 5. The maximum absolute atomic E-state index is 12.5. The Morgan fingerprint density at radius 2 is 1.82 bits per heavy atom. The van der Waals surface area contributed by atoms with E-state index in [4.69, 9.17) is 9.47 Å². The van der Waals surface area contributed by atoms with Crippen molar-refractivity contribution in [2.75, 3.05) is 26.7 Å². The first kappa shape index (κ1) is 25.7. The number of carbonyl (C=O) groups excluding carboxylic acids is 2. The van der Waals surface area contributed by atoms with Gasteiger partial charge >= 0.3 is 6.09 Å². The number of allylic oxidation sites excluding steroid dienone is 2. The number of likely N-dealkylation sites (tertiary alicyclic amines) is 1. The average Bonchev–Trinajstić information content (AvgIpc) is 2.79. The monoisotopic (exact) mass is 466 g/mol. The molecule has 3 rings (SSSR count). The van der Waals surface area contributed by atoms with E-state index >= 15 is 0 Å². The van der Waals surface area contributed by atoms with Crippen LogP contribution in [0, 0.1) is 5.41 Å². The van der Waals surface area contributed by atoms with Gasteiger partial charge in [0.1, 0.15) is 17.6 Å². The maximum Gasteiger partial charge on any atom is 0.409 e. The largest absolute Gasteiger partial charge is 0.488 e. The predicted octanol–water partition coefficient (Wildman–Crippen LogP) is 5.97. The first-order chi connectivity index (χ1) is 16.1. The zero-order chi connectivity index (χ0) is 24.8. The van der Waals surface area contributed by atoms with Crippen molar-refractivity contribution >= 4 is 18.1 Å². The van der Waals surface area contributed by atoms with Gasteiger partial charge in [0.15, 0.2) is 0 Å². The summed E-state index contributed by atoms with van der Waals surface area (Å²) in [6, 6.07) is 7.40. The van der Waals surface area contributed by atoms with Crippen LogP contribution in [0.2, 0.25) is 0 Å². The van der Waals surface area contributed by atoms with Gasteiger partial charge in [0.2, 0.25) is 0 Å². The Balaban J connectivity index is 1.59. The van der Waals surface area contributed by atoms with E-state index in [1.807, 2.05) is 23.1 Å². The summed E-state index contributed by atoms with van der Waals surface area (Å²) in [6.07, 6.45) is 8.01. The molecule has 2 heterocycles. The van der Waals surface area contributed by atoms with E-state index in [1.54, 1.807) is 19.2 Å². The minimum atomic E-state index is -0.217. The van der Waals surface area contributed by atoms with Crippen LogP contribution in [0.5, 0.6) is 0 Å². The lowest BCUT2D eigenvalue weighted by Crippen LogP contribution is -2.42. The molecule has 2 fully saturated rings. The predicted molar refractivity (Wildman–Crippen MR) is 135 cm³/mol. The van der Waals surface area contributed by atoms with Crippen LogP contribution >= 0.6 is 0 Å². The molecule has 0 N–H and O–H groups in total. The second kappa shape index (κ2) is 11.0. The molecular weight excluding hydrogens is 428 g/mol. The van der Waals surface area contributed by atoms with Crippen molar-refractivity contribution < 1.29 is 19.1 Å². The summed E-state index contributed by atoms with van der Waals surface area (Å²) in [5.74, 6) is 0.707. The SMILES string of the molecule is C=C1OC2(CCCN(C(=O)OCC(C)(C)C)CCC2)CC/C1=C/C(=NC)c1ccc(C=O)cc1. The number of aldehydes is 1. The Bertz CT molecular complexity index is 944. The molecule has 0 atom stereocenters. The number of hydrogen-bond donors (Lipinski definition) is 0. The third-order valence-corrected chi connectivity index (χ3v) is 6.45. The number of aliphatic imine (C=N–C) groups is 1. The fraction of sp³-hybridized carbons (Fsp3) is 0.536. The Kier molecular flexibility index (Phi) is 8.34. The van der Waals surface area contributed by atoms with Gasteiger partial charge in [-0.05, 0) is 61.2 Å². The summed E-state index contributed by atoms with van der Waals surface area (Å²) < 4.78 is 12.0. The van der Waals surface area contributed by atoms with Gasteiger partial charge in [0.25, 0.3) is 0 Å². The topological polar surface area (TPSA) is 68.2 Å². The summed E-state index contributed by atoms with van der Waals surface area (Å²) in [7, 11) is 1.76. The highest BCUT2D eigenvalue weighted by Gasteiger charge is 2.38. The maximum atomic E-state index is 12.5. The molecule has 0 saturated carbocycles. The minimum Gasteiger partial charge on any atom is -0.488 e. The molecule has 0 radical (unpaired) electrons. The van der Waals surface area contributed by atoms with Crippen LogP contribution in [0.25, 0.3) is 0 Å². The van der Waals surface area contributed by atoms with Crippen LogP contribution in [-0.2, 0) is 9.47 Å². The highest BCUT2D eigenvalue weighted by Crippen LogP contribution is 2.41. The third kappa shape index (κ3) is 6.81. The average molecular weight is 467 g/mol. The zero-order valence-corrected chi connectivity index (χ0v) is 21.1. The fourth-order valence-electron chi connectivity index (χ4n) is 4.53. The number of nitrogens with zero attached hydrogens (tertiary/aromatic N) is 2. The molecule has 0 unspecified atom stereocenters. The summed E-state index contributed by atoms with van der Waals surface area (Å²) in [4.78, 5) is 29.7. The van der Waals surface area contributed by atoms with Crippen molar-refractivity contribution in [1.82, 2.24) is 4.90 Å². The Morgan fingerprint density at radius 1 is 1.18 bits per heavy atom. The molecule has 0 bridgehead atoms. The highest BCUT2D eigenvalue weighted by molar-refractivity contribution is 6.09. The molecule has 34 heavy (non-hydrogen) atoms. The first-order valence-electron chi connectivity index (χ1n) is 12.2. The van der Waals surface area contributed by atoms with E-state index in [1.165, 1.54) is 0 Å². The molecule has 0 aliphatic carbocycles. The lowest BCUT2D eigenvalue weighted by molar-refractivity contribution is -0.0413. The van der Waals surface area contributed by atoms with Crippen LogP contribution in [0.3, 0.4) is 0 Å². The molecule has 1 aromatic rings. The highest BCUT2D eigenvalue weighted by atomic mass is 16.6. The molecule has 184 valence electrons. The zero-order valence-electron chi connectivity index (χ0n) is 21.1. The number of carbonyl (C=O) groups is 2. The minimum absolute atomic E-state index is 0.0364. The standard InChI is InChI=1S/C28H38N2O4/c1-21-24(18-25(29-5)23-10-8-22(19-31)9-11-23)12-15-28(34-21)13-6-16-30(17-7-14-28)26(32)33-20-27(2,3)4/h8-11,18-19H,1,6-7,12-17,20H2,2-5H3/b24-18-,29-25?. The molecule has 1 amide bonds. The van der Waals surface area contributed by atoms with E-state index in [9.17, 15) is 9.59 Å². The lowest BCUT2D eigenvalue weighted by atomic mass is 9.82. The Labute approximate surface area is 203 Å². The summed E-state index contributed by atoms with van der Waals surface area (Å²) in [5, 5.41) is 0. The van der Waals surface area contributed by atoms with Gasteiger partial charge in [-0.2, -0.15) is 0 Å². The van der Waals surface area contributed by atoms with Gasteiger partial charge in [0, 0.05) is 25.7 Å². The number of amides is 1. The quantitative estimate of drug-likeness (QED) is 0.405. The number of rotatable bonds is 4. The second-order valence-corrected chi connectivity index (χ2v) is 10.5. The van der Waals surface area contributed by atoms with Gasteiger partial charge in [-0.15, -0.1) is 0 Å².